The molecule has 3 nitrogen and oxygen atoms in total. The van der Waals surface area contributed by atoms with Crippen LogP contribution in [-0.2, 0) is 11.2 Å². The molecule has 1 unspecified atom stereocenters. The highest BCUT2D eigenvalue weighted by Crippen LogP contribution is 2.18. The number of aliphatic hydroxyl groups is 1. The Balaban J connectivity index is 1.99. The van der Waals surface area contributed by atoms with Gasteiger partial charge in [0.2, 0.25) is 0 Å². The van der Waals surface area contributed by atoms with Gasteiger partial charge in [0.25, 0.3) is 0 Å². The lowest BCUT2D eigenvalue weighted by molar-refractivity contribution is -0.107. The SMILES string of the molecule is O=CCc1ccc(OC2=CCC(O)C=C2)cc1. The molecule has 0 radical (unpaired) electrons. The van der Waals surface area contributed by atoms with E-state index in [9.17, 15) is 9.90 Å². The molecule has 1 aromatic rings. The standard InChI is InChI=1S/C14H14O3/c15-10-9-11-1-5-13(6-2-11)17-14-7-3-12(16)4-8-14/h1-3,5-8,10,12,16H,4,9H2. The molecule has 2 rings (SSSR count). The van der Waals surface area contributed by atoms with Gasteiger partial charge in [-0.05, 0) is 36.3 Å². The van der Waals surface area contributed by atoms with E-state index in [1.54, 1.807) is 12.2 Å². The molecular formula is C14H14O3. The van der Waals surface area contributed by atoms with Crippen molar-refractivity contribution in [2.24, 2.45) is 0 Å². The highest BCUT2D eigenvalue weighted by molar-refractivity contribution is 5.55. The van der Waals surface area contributed by atoms with Gasteiger partial charge < -0.3 is 14.6 Å². The molecule has 0 saturated heterocycles. The molecule has 0 fully saturated rings. The van der Waals surface area contributed by atoms with Crippen molar-refractivity contribution in [1.29, 1.82) is 0 Å². The Morgan fingerprint density at radius 2 is 2.12 bits per heavy atom. The van der Waals surface area contributed by atoms with Crippen LogP contribution in [-0.4, -0.2) is 17.5 Å². The van der Waals surface area contributed by atoms with Crippen LogP contribution in [0.2, 0.25) is 0 Å². The Morgan fingerprint density at radius 3 is 2.71 bits per heavy atom. The number of aldehydes is 1. The summed E-state index contributed by atoms with van der Waals surface area (Å²) in [6, 6.07) is 7.40. The van der Waals surface area contributed by atoms with Crippen LogP contribution in [0.5, 0.6) is 5.75 Å². The molecule has 0 bridgehead atoms. The summed E-state index contributed by atoms with van der Waals surface area (Å²) in [5.74, 6) is 1.46. The second-order valence-electron chi connectivity index (χ2n) is 3.89. The lowest BCUT2D eigenvalue weighted by Gasteiger charge is -2.12. The number of hydrogen-bond donors (Lipinski definition) is 1. The largest absolute Gasteiger partial charge is 0.458 e. The molecule has 1 N–H and O–H groups in total. The van der Waals surface area contributed by atoms with Crippen molar-refractivity contribution in [1.82, 2.24) is 0 Å². The van der Waals surface area contributed by atoms with Gasteiger partial charge in [0.15, 0.2) is 0 Å². The minimum atomic E-state index is -0.405. The Morgan fingerprint density at radius 1 is 1.35 bits per heavy atom. The molecule has 3 heteroatoms. The Kier molecular flexibility index (Phi) is 3.73. The van der Waals surface area contributed by atoms with Crippen LogP contribution in [0.15, 0.2) is 48.3 Å². The van der Waals surface area contributed by atoms with Crippen LogP contribution in [0.25, 0.3) is 0 Å². The fraction of sp³-hybridized carbons (Fsp3) is 0.214. The van der Waals surface area contributed by atoms with Gasteiger partial charge in [0, 0.05) is 6.42 Å². The third-order valence-corrected chi connectivity index (χ3v) is 2.52. The van der Waals surface area contributed by atoms with E-state index >= 15 is 0 Å². The summed E-state index contributed by atoms with van der Waals surface area (Å²) >= 11 is 0. The zero-order valence-corrected chi connectivity index (χ0v) is 9.37. The van der Waals surface area contributed by atoms with Crippen molar-refractivity contribution in [2.75, 3.05) is 0 Å². The summed E-state index contributed by atoms with van der Waals surface area (Å²) in [6.07, 6.45) is 6.79. The summed E-state index contributed by atoms with van der Waals surface area (Å²) in [5, 5.41) is 9.27. The van der Waals surface area contributed by atoms with Crippen LogP contribution in [0, 0.1) is 0 Å². The van der Waals surface area contributed by atoms with E-state index in [2.05, 4.69) is 0 Å². The molecule has 0 spiro atoms. The van der Waals surface area contributed by atoms with Crippen LogP contribution in [0.3, 0.4) is 0 Å². The van der Waals surface area contributed by atoms with Crippen LogP contribution in [0.4, 0.5) is 0 Å². The zero-order valence-electron chi connectivity index (χ0n) is 9.37. The molecule has 17 heavy (non-hydrogen) atoms. The third-order valence-electron chi connectivity index (χ3n) is 2.52. The number of benzene rings is 1. The van der Waals surface area contributed by atoms with Crippen molar-refractivity contribution in [3.63, 3.8) is 0 Å². The smallest absolute Gasteiger partial charge is 0.127 e. The van der Waals surface area contributed by atoms with Crippen LogP contribution in [0.1, 0.15) is 12.0 Å². The minimum absolute atomic E-state index is 0.405. The topological polar surface area (TPSA) is 46.5 Å². The monoisotopic (exact) mass is 230 g/mol. The number of carbonyl (C=O) groups is 1. The quantitative estimate of drug-likeness (QED) is 0.805. The van der Waals surface area contributed by atoms with Gasteiger partial charge >= 0.3 is 0 Å². The molecule has 1 aliphatic carbocycles. The number of allylic oxidation sites excluding steroid dienone is 1. The first kappa shape index (κ1) is 11.6. The van der Waals surface area contributed by atoms with E-state index in [1.807, 2.05) is 30.3 Å². The molecule has 0 aromatic heterocycles. The van der Waals surface area contributed by atoms with E-state index in [0.717, 1.165) is 23.4 Å². The summed E-state index contributed by atoms with van der Waals surface area (Å²) in [7, 11) is 0. The molecule has 1 aliphatic rings. The maximum Gasteiger partial charge on any atom is 0.127 e. The lowest BCUT2D eigenvalue weighted by Crippen LogP contribution is -2.06. The van der Waals surface area contributed by atoms with Gasteiger partial charge in [-0.3, -0.25) is 0 Å². The molecular weight excluding hydrogens is 216 g/mol. The summed E-state index contributed by atoms with van der Waals surface area (Å²) < 4.78 is 5.61. The van der Waals surface area contributed by atoms with Gasteiger partial charge in [-0.15, -0.1) is 0 Å². The third kappa shape index (κ3) is 3.29. The van der Waals surface area contributed by atoms with E-state index in [0.29, 0.717) is 12.8 Å². The van der Waals surface area contributed by atoms with E-state index in [-0.39, 0.29) is 0 Å². The van der Waals surface area contributed by atoms with E-state index < -0.39 is 6.10 Å². The first-order valence-corrected chi connectivity index (χ1v) is 5.55. The number of carbonyl (C=O) groups excluding carboxylic acids is 1. The Bertz CT molecular complexity index is 443. The van der Waals surface area contributed by atoms with Crippen molar-refractivity contribution >= 4 is 6.29 Å². The van der Waals surface area contributed by atoms with E-state index in [4.69, 9.17) is 4.74 Å². The molecule has 0 aliphatic heterocycles. The van der Waals surface area contributed by atoms with Gasteiger partial charge in [-0.1, -0.05) is 18.2 Å². The maximum absolute atomic E-state index is 10.3. The van der Waals surface area contributed by atoms with Gasteiger partial charge in [0.05, 0.1) is 6.10 Å². The van der Waals surface area contributed by atoms with Crippen molar-refractivity contribution < 1.29 is 14.6 Å². The molecule has 0 amide bonds. The molecule has 0 saturated carbocycles. The van der Waals surface area contributed by atoms with E-state index in [1.165, 1.54) is 0 Å². The lowest BCUT2D eigenvalue weighted by atomic mass is 10.1. The van der Waals surface area contributed by atoms with Crippen molar-refractivity contribution in [3.8, 4) is 5.75 Å². The fourth-order valence-electron chi connectivity index (χ4n) is 1.59. The Labute approximate surface area is 100 Å². The summed E-state index contributed by atoms with van der Waals surface area (Å²) in [5.41, 5.74) is 0.968. The molecule has 0 heterocycles. The Hall–Kier alpha value is -1.87. The highest BCUT2D eigenvalue weighted by atomic mass is 16.5. The fourth-order valence-corrected chi connectivity index (χ4v) is 1.59. The van der Waals surface area contributed by atoms with Gasteiger partial charge in [-0.2, -0.15) is 0 Å². The van der Waals surface area contributed by atoms with Crippen LogP contribution < -0.4 is 4.74 Å². The number of rotatable bonds is 4. The predicted octanol–water partition coefficient (Wildman–Crippen LogP) is 2.01. The zero-order chi connectivity index (χ0) is 12.1. The maximum atomic E-state index is 10.3. The number of aliphatic hydroxyl groups excluding tert-OH is 1. The van der Waals surface area contributed by atoms with Crippen molar-refractivity contribution in [3.05, 3.63) is 53.8 Å². The normalized spacial score (nSPS) is 18.6. The molecule has 1 aromatic carbocycles. The van der Waals surface area contributed by atoms with Crippen LogP contribution >= 0.6 is 0 Å². The average molecular weight is 230 g/mol. The molecule has 1 atom stereocenters. The van der Waals surface area contributed by atoms with Gasteiger partial charge in [-0.25, -0.2) is 0 Å². The second kappa shape index (κ2) is 5.46. The second-order valence-corrected chi connectivity index (χ2v) is 3.89. The summed E-state index contributed by atoms with van der Waals surface area (Å²) in [6.45, 7) is 0. The predicted molar refractivity (Wildman–Crippen MR) is 64.7 cm³/mol. The first-order valence-electron chi connectivity index (χ1n) is 5.55. The minimum Gasteiger partial charge on any atom is -0.458 e. The number of ether oxygens (including phenoxy) is 1. The van der Waals surface area contributed by atoms with Crippen molar-refractivity contribution in [2.45, 2.75) is 18.9 Å². The summed E-state index contributed by atoms with van der Waals surface area (Å²) in [4.78, 5) is 10.3. The number of hydrogen-bond acceptors (Lipinski definition) is 3. The molecule has 88 valence electrons. The first-order chi connectivity index (χ1) is 8.28. The highest BCUT2D eigenvalue weighted by Gasteiger charge is 2.06. The average Bonchev–Trinajstić information content (AvgIpc) is 2.35. The van der Waals surface area contributed by atoms with Gasteiger partial charge in [0.1, 0.15) is 17.8 Å².